The molecule has 0 aliphatic carbocycles. The lowest BCUT2D eigenvalue weighted by Crippen LogP contribution is -3.14. The number of anilines is 1. The molecule has 0 spiro atoms. The monoisotopic (exact) mass is 385 g/mol. The molecule has 148 valence electrons. The van der Waals surface area contributed by atoms with Crippen LogP contribution in [0.25, 0.3) is 0 Å². The number of ketones is 1. The maximum Gasteiger partial charge on any atom is 0.279 e. The Kier molecular flexibility index (Phi) is 6.76. The van der Waals surface area contributed by atoms with Crippen LogP contribution in [0.5, 0.6) is 5.75 Å². The molecule has 1 heterocycles. The smallest absolute Gasteiger partial charge is 0.279 e. The van der Waals surface area contributed by atoms with Crippen molar-refractivity contribution in [2.75, 3.05) is 31.6 Å². The van der Waals surface area contributed by atoms with Crippen LogP contribution in [0, 0.1) is 11.7 Å². The second kappa shape index (κ2) is 9.46. The molecule has 6 heteroatoms. The molecule has 3 rings (SSSR count). The standard InChI is InChI=1S/C22H25FN2O3/c1-2-28-20-9-7-19(8-10-20)24-21(26)15-25-13-11-17(12-14-25)22(27)16-3-5-18(23)6-4-16/h3-10,17H,2,11-15H2,1H3,(H,24,26)/p+1. The van der Waals surface area contributed by atoms with E-state index in [0.29, 0.717) is 18.7 Å². The topological polar surface area (TPSA) is 59.8 Å². The van der Waals surface area contributed by atoms with Gasteiger partial charge in [-0.25, -0.2) is 4.39 Å². The average Bonchev–Trinajstić information content (AvgIpc) is 2.70. The summed E-state index contributed by atoms with van der Waals surface area (Å²) >= 11 is 0. The van der Waals surface area contributed by atoms with E-state index in [-0.39, 0.29) is 23.4 Å². The summed E-state index contributed by atoms with van der Waals surface area (Å²) in [6.07, 6.45) is 1.48. The Balaban J connectivity index is 1.45. The van der Waals surface area contributed by atoms with Crippen LogP contribution in [0.3, 0.4) is 0 Å². The first-order valence-electron chi connectivity index (χ1n) is 9.71. The number of carbonyl (C=O) groups excluding carboxylic acids is 2. The van der Waals surface area contributed by atoms with Crippen molar-refractivity contribution in [2.24, 2.45) is 5.92 Å². The number of benzene rings is 2. The lowest BCUT2D eigenvalue weighted by Gasteiger charge is -2.28. The summed E-state index contributed by atoms with van der Waals surface area (Å²) in [5.74, 6) is 0.414. The molecular formula is C22H26FN2O3+. The van der Waals surface area contributed by atoms with E-state index in [1.807, 2.05) is 31.2 Å². The minimum atomic E-state index is -0.339. The van der Waals surface area contributed by atoms with Gasteiger partial charge in [-0.15, -0.1) is 0 Å². The van der Waals surface area contributed by atoms with Crippen molar-refractivity contribution in [3.8, 4) is 5.75 Å². The Morgan fingerprint density at radius 1 is 1.07 bits per heavy atom. The normalized spacial score (nSPS) is 19.1. The minimum absolute atomic E-state index is 0.0394. The number of Topliss-reactive ketones (excluding diaryl/α,β-unsaturated/α-hetero) is 1. The highest BCUT2D eigenvalue weighted by Gasteiger charge is 2.29. The van der Waals surface area contributed by atoms with Gasteiger partial charge in [0.2, 0.25) is 0 Å². The number of halogens is 1. The Bertz CT molecular complexity index is 798. The zero-order chi connectivity index (χ0) is 19.9. The van der Waals surface area contributed by atoms with Gasteiger partial charge in [-0.2, -0.15) is 0 Å². The molecule has 0 radical (unpaired) electrons. The fraction of sp³-hybridized carbons (Fsp3) is 0.364. The van der Waals surface area contributed by atoms with Crippen molar-refractivity contribution in [1.29, 1.82) is 0 Å². The van der Waals surface area contributed by atoms with Crippen LogP contribution in [0.1, 0.15) is 30.1 Å². The summed E-state index contributed by atoms with van der Waals surface area (Å²) in [6, 6.07) is 13.0. The van der Waals surface area contributed by atoms with Gasteiger partial charge >= 0.3 is 0 Å². The van der Waals surface area contributed by atoms with Crippen molar-refractivity contribution in [3.63, 3.8) is 0 Å². The van der Waals surface area contributed by atoms with Gasteiger partial charge in [0.05, 0.1) is 19.7 Å². The highest BCUT2D eigenvalue weighted by Crippen LogP contribution is 2.18. The van der Waals surface area contributed by atoms with Crippen LogP contribution >= 0.6 is 0 Å². The number of ether oxygens (including phenoxy) is 1. The van der Waals surface area contributed by atoms with Crippen molar-refractivity contribution in [3.05, 3.63) is 59.9 Å². The molecule has 2 aromatic carbocycles. The van der Waals surface area contributed by atoms with Crippen LogP contribution in [-0.2, 0) is 4.79 Å². The summed E-state index contributed by atoms with van der Waals surface area (Å²) < 4.78 is 18.4. The predicted octanol–water partition coefficient (Wildman–Crippen LogP) is 2.34. The van der Waals surface area contributed by atoms with Crippen LogP contribution in [0.4, 0.5) is 10.1 Å². The lowest BCUT2D eigenvalue weighted by molar-refractivity contribution is -0.897. The Morgan fingerprint density at radius 3 is 2.32 bits per heavy atom. The fourth-order valence-corrected chi connectivity index (χ4v) is 3.55. The summed E-state index contributed by atoms with van der Waals surface area (Å²) in [5, 5.41) is 2.91. The first kappa shape index (κ1) is 20.0. The SMILES string of the molecule is CCOc1ccc(NC(=O)C[NH+]2CCC(C(=O)c3ccc(F)cc3)CC2)cc1. The van der Waals surface area contributed by atoms with Crippen molar-refractivity contribution < 1.29 is 23.6 Å². The van der Waals surface area contributed by atoms with E-state index in [1.54, 1.807) is 12.1 Å². The van der Waals surface area contributed by atoms with E-state index < -0.39 is 0 Å². The van der Waals surface area contributed by atoms with Gasteiger partial charge in [-0.1, -0.05) is 0 Å². The Hall–Kier alpha value is -2.73. The van der Waals surface area contributed by atoms with E-state index >= 15 is 0 Å². The molecule has 5 nitrogen and oxygen atoms in total. The zero-order valence-electron chi connectivity index (χ0n) is 16.0. The second-order valence-electron chi connectivity index (χ2n) is 7.08. The molecule has 28 heavy (non-hydrogen) atoms. The molecule has 0 bridgehead atoms. The average molecular weight is 385 g/mol. The van der Waals surface area contributed by atoms with Crippen LogP contribution in [0.15, 0.2) is 48.5 Å². The maximum absolute atomic E-state index is 13.0. The molecule has 0 aromatic heterocycles. The highest BCUT2D eigenvalue weighted by atomic mass is 19.1. The molecule has 1 aliphatic heterocycles. The molecule has 0 atom stereocenters. The third kappa shape index (κ3) is 5.39. The van der Waals surface area contributed by atoms with Gasteiger partial charge in [0.15, 0.2) is 12.3 Å². The summed E-state index contributed by atoms with van der Waals surface area (Å²) in [7, 11) is 0. The van der Waals surface area contributed by atoms with Crippen LogP contribution in [0.2, 0.25) is 0 Å². The van der Waals surface area contributed by atoms with Gasteiger partial charge < -0.3 is 15.0 Å². The Labute approximate surface area is 164 Å². The number of hydrogen-bond donors (Lipinski definition) is 2. The van der Waals surface area contributed by atoms with Gasteiger partial charge in [0.1, 0.15) is 11.6 Å². The maximum atomic E-state index is 13.0. The van der Waals surface area contributed by atoms with Crippen molar-refractivity contribution in [2.45, 2.75) is 19.8 Å². The third-order valence-electron chi connectivity index (χ3n) is 5.05. The number of quaternary nitrogens is 1. The van der Waals surface area contributed by atoms with Crippen molar-refractivity contribution >= 4 is 17.4 Å². The minimum Gasteiger partial charge on any atom is -0.494 e. The first-order valence-corrected chi connectivity index (χ1v) is 9.71. The van der Waals surface area contributed by atoms with Crippen LogP contribution in [-0.4, -0.2) is 37.9 Å². The third-order valence-corrected chi connectivity index (χ3v) is 5.05. The molecule has 1 aliphatic rings. The first-order chi connectivity index (χ1) is 13.5. The van der Waals surface area contributed by atoms with Gasteiger partial charge in [-0.05, 0) is 55.5 Å². The number of rotatable bonds is 7. The van der Waals surface area contributed by atoms with E-state index in [9.17, 15) is 14.0 Å². The second-order valence-corrected chi connectivity index (χ2v) is 7.08. The van der Waals surface area contributed by atoms with E-state index in [1.165, 1.54) is 17.0 Å². The zero-order valence-corrected chi connectivity index (χ0v) is 16.0. The van der Waals surface area contributed by atoms with Crippen molar-refractivity contribution in [1.82, 2.24) is 0 Å². The molecular weight excluding hydrogens is 359 g/mol. The highest BCUT2D eigenvalue weighted by molar-refractivity contribution is 5.97. The number of hydrogen-bond acceptors (Lipinski definition) is 3. The van der Waals surface area contributed by atoms with E-state index in [0.717, 1.165) is 37.4 Å². The largest absolute Gasteiger partial charge is 0.494 e. The van der Waals surface area contributed by atoms with Gasteiger partial charge in [0, 0.05) is 30.0 Å². The summed E-state index contributed by atoms with van der Waals surface area (Å²) in [5.41, 5.74) is 1.30. The summed E-state index contributed by atoms with van der Waals surface area (Å²) in [4.78, 5) is 26.0. The lowest BCUT2D eigenvalue weighted by atomic mass is 9.89. The molecule has 1 saturated heterocycles. The van der Waals surface area contributed by atoms with E-state index in [4.69, 9.17) is 4.74 Å². The molecule has 1 amide bonds. The van der Waals surface area contributed by atoms with Gasteiger partial charge in [-0.3, -0.25) is 9.59 Å². The van der Waals surface area contributed by atoms with E-state index in [2.05, 4.69) is 5.32 Å². The summed E-state index contributed by atoms with van der Waals surface area (Å²) in [6.45, 7) is 4.46. The Morgan fingerprint density at radius 2 is 1.71 bits per heavy atom. The molecule has 2 aromatic rings. The van der Waals surface area contributed by atoms with Gasteiger partial charge in [0.25, 0.3) is 5.91 Å². The number of piperidine rings is 1. The molecule has 0 unspecified atom stereocenters. The fourth-order valence-electron chi connectivity index (χ4n) is 3.55. The number of nitrogens with one attached hydrogen (secondary N) is 2. The molecule has 1 fully saturated rings. The number of carbonyl (C=O) groups is 2. The predicted molar refractivity (Wildman–Crippen MR) is 105 cm³/mol. The number of likely N-dealkylation sites (tertiary alicyclic amines) is 1. The van der Waals surface area contributed by atoms with Crippen LogP contribution < -0.4 is 15.0 Å². The number of amides is 1. The quantitative estimate of drug-likeness (QED) is 0.720. The molecule has 0 saturated carbocycles. The molecule has 2 N–H and O–H groups in total.